The Labute approximate surface area is 162 Å². The molecule has 0 bridgehead atoms. The van der Waals surface area contributed by atoms with Crippen LogP contribution in [0, 0.1) is 0 Å². The lowest BCUT2D eigenvalue weighted by atomic mass is 10.0. The summed E-state index contributed by atoms with van der Waals surface area (Å²) < 4.78 is 40.7. The van der Waals surface area contributed by atoms with Crippen molar-refractivity contribution in [1.82, 2.24) is 0 Å². The topological polar surface area (TPSA) is 84.8 Å². The van der Waals surface area contributed by atoms with Crippen LogP contribution in [0.3, 0.4) is 0 Å². The van der Waals surface area contributed by atoms with E-state index in [1.165, 1.54) is 0 Å². The number of aliphatic hydroxyl groups is 1. The number of unbranched alkanes of at least 4 members (excludes halogenated alkanes) is 2. The predicted octanol–water partition coefficient (Wildman–Crippen LogP) is 1.83. The highest BCUT2D eigenvalue weighted by Crippen LogP contribution is 2.35. The van der Waals surface area contributed by atoms with Crippen LogP contribution in [0.4, 0.5) is 0 Å². The van der Waals surface area contributed by atoms with E-state index in [-0.39, 0.29) is 31.7 Å². The molecular weight excluding hydrogens is 356 g/mol. The van der Waals surface area contributed by atoms with Gasteiger partial charge in [0.15, 0.2) is 11.6 Å². The van der Waals surface area contributed by atoms with E-state index < -0.39 is 17.7 Å². The number of aliphatic hydroxyl groups excluding tert-OH is 1. The van der Waals surface area contributed by atoms with Gasteiger partial charge in [0.1, 0.15) is 31.2 Å². The van der Waals surface area contributed by atoms with Crippen LogP contribution in [-0.2, 0) is 33.2 Å². The molecule has 160 valence electrons. The average Bonchev–Trinajstić information content (AvgIpc) is 3.10. The second kappa shape index (κ2) is 10.5. The van der Waals surface area contributed by atoms with Gasteiger partial charge in [-0.25, -0.2) is 0 Å². The van der Waals surface area contributed by atoms with Gasteiger partial charge in [0.05, 0.1) is 13.2 Å². The molecule has 4 atom stereocenters. The van der Waals surface area contributed by atoms with Gasteiger partial charge >= 0.3 is 0 Å². The number of hydrogen-bond donors (Lipinski definition) is 1. The van der Waals surface area contributed by atoms with Gasteiger partial charge in [-0.2, -0.15) is 0 Å². The first-order chi connectivity index (χ1) is 12.8. The van der Waals surface area contributed by atoms with Gasteiger partial charge in [0.2, 0.25) is 0 Å². The summed E-state index contributed by atoms with van der Waals surface area (Å²) >= 11 is 0. The van der Waals surface area contributed by atoms with Crippen LogP contribution in [0.25, 0.3) is 0 Å². The molecule has 27 heavy (non-hydrogen) atoms. The standard InChI is InChI=1S/C19H36O8/c1-18(2)24-12-15(25-18)16(23-13-21-5)17-14(26-19(3,4)27-17)11-22-10-8-6-7-9-20/h14-17,20H,6-13H2,1-5H3/t14-,15+,16-,17+/m0/s1. The number of hydrogen-bond acceptors (Lipinski definition) is 8. The Morgan fingerprint density at radius 1 is 1.04 bits per heavy atom. The summed E-state index contributed by atoms with van der Waals surface area (Å²) in [6.07, 6.45) is 1.29. The quantitative estimate of drug-likeness (QED) is 0.398. The Bertz CT molecular complexity index is 428. The summed E-state index contributed by atoms with van der Waals surface area (Å²) in [5, 5.41) is 8.84. The molecule has 2 fully saturated rings. The zero-order chi connectivity index (χ0) is 19.9. The number of methoxy groups -OCH3 is 1. The fourth-order valence-electron chi connectivity index (χ4n) is 3.40. The van der Waals surface area contributed by atoms with Crippen LogP contribution in [0.2, 0.25) is 0 Å². The summed E-state index contributed by atoms with van der Waals surface area (Å²) in [5.41, 5.74) is 0. The molecule has 2 heterocycles. The Hall–Kier alpha value is -0.320. The molecule has 1 N–H and O–H groups in total. The molecule has 0 unspecified atom stereocenters. The molecule has 0 aromatic carbocycles. The molecule has 2 rings (SSSR count). The van der Waals surface area contributed by atoms with Crippen LogP contribution in [0.15, 0.2) is 0 Å². The average molecular weight is 392 g/mol. The third kappa shape index (κ3) is 7.21. The Balaban J connectivity index is 1.97. The van der Waals surface area contributed by atoms with Gasteiger partial charge in [-0.3, -0.25) is 0 Å². The van der Waals surface area contributed by atoms with Crippen molar-refractivity contribution in [1.29, 1.82) is 0 Å². The summed E-state index contributed by atoms with van der Waals surface area (Å²) in [7, 11) is 1.58. The molecule has 0 aliphatic carbocycles. The lowest BCUT2D eigenvalue weighted by molar-refractivity contribution is -0.204. The highest BCUT2D eigenvalue weighted by molar-refractivity contribution is 4.93. The van der Waals surface area contributed by atoms with Crippen molar-refractivity contribution in [3.8, 4) is 0 Å². The van der Waals surface area contributed by atoms with Crippen LogP contribution >= 0.6 is 0 Å². The first-order valence-electron chi connectivity index (χ1n) is 9.74. The second-order valence-corrected chi connectivity index (χ2v) is 7.90. The van der Waals surface area contributed by atoms with Crippen LogP contribution < -0.4 is 0 Å². The fourth-order valence-corrected chi connectivity index (χ4v) is 3.40. The third-order valence-electron chi connectivity index (χ3n) is 4.55. The minimum absolute atomic E-state index is 0.125. The molecule has 2 aliphatic rings. The maximum atomic E-state index is 8.84. The summed E-state index contributed by atoms with van der Waals surface area (Å²) in [6, 6.07) is 0. The maximum absolute atomic E-state index is 8.84. The fraction of sp³-hybridized carbons (Fsp3) is 1.00. The van der Waals surface area contributed by atoms with Crippen molar-refractivity contribution in [2.75, 3.05) is 40.3 Å². The third-order valence-corrected chi connectivity index (χ3v) is 4.55. The predicted molar refractivity (Wildman–Crippen MR) is 97.2 cm³/mol. The number of ether oxygens (including phenoxy) is 7. The van der Waals surface area contributed by atoms with Crippen molar-refractivity contribution in [2.45, 2.75) is 82.9 Å². The Morgan fingerprint density at radius 3 is 2.44 bits per heavy atom. The van der Waals surface area contributed by atoms with Crippen molar-refractivity contribution in [3.05, 3.63) is 0 Å². The number of rotatable bonds is 12. The zero-order valence-electron chi connectivity index (χ0n) is 17.3. The van der Waals surface area contributed by atoms with E-state index in [9.17, 15) is 0 Å². The Kier molecular flexibility index (Phi) is 8.89. The lowest BCUT2D eigenvalue weighted by Gasteiger charge is -2.30. The summed E-state index contributed by atoms with van der Waals surface area (Å²) in [5.74, 6) is -1.40. The minimum atomic E-state index is -0.737. The Morgan fingerprint density at radius 2 is 1.81 bits per heavy atom. The maximum Gasteiger partial charge on any atom is 0.164 e. The highest BCUT2D eigenvalue weighted by Gasteiger charge is 2.51. The summed E-state index contributed by atoms with van der Waals surface area (Å²) in [4.78, 5) is 0. The van der Waals surface area contributed by atoms with E-state index >= 15 is 0 Å². The van der Waals surface area contributed by atoms with Gasteiger partial charge in [0, 0.05) is 20.3 Å². The van der Waals surface area contributed by atoms with Gasteiger partial charge in [-0.05, 0) is 47.0 Å². The zero-order valence-corrected chi connectivity index (χ0v) is 17.3. The first kappa shape index (κ1) is 23.0. The molecule has 0 radical (unpaired) electrons. The van der Waals surface area contributed by atoms with Crippen LogP contribution in [0.1, 0.15) is 47.0 Å². The molecule has 0 amide bonds. The lowest BCUT2D eigenvalue weighted by Crippen LogP contribution is -2.48. The molecule has 2 saturated heterocycles. The van der Waals surface area contributed by atoms with Crippen LogP contribution in [0.5, 0.6) is 0 Å². The van der Waals surface area contributed by atoms with E-state index in [1.807, 2.05) is 27.7 Å². The van der Waals surface area contributed by atoms with E-state index in [4.69, 9.17) is 38.3 Å². The largest absolute Gasteiger partial charge is 0.396 e. The van der Waals surface area contributed by atoms with Crippen molar-refractivity contribution < 1.29 is 38.3 Å². The van der Waals surface area contributed by atoms with E-state index in [0.717, 1.165) is 19.3 Å². The van der Waals surface area contributed by atoms with E-state index in [1.54, 1.807) is 7.11 Å². The van der Waals surface area contributed by atoms with Gasteiger partial charge in [-0.1, -0.05) is 0 Å². The smallest absolute Gasteiger partial charge is 0.164 e. The monoisotopic (exact) mass is 392 g/mol. The molecule has 0 aromatic heterocycles. The van der Waals surface area contributed by atoms with Crippen molar-refractivity contribution in [3.63, 3.8) is 0 Å². The molecule has 8 nitrogen and oxygen atoms in total. The van der Waals surface area contributed by atoms with Crippen molar-refractivity contribution >= 4 is 0 Å². The molecular formula is C19H36O8. The van der Waals surface area contributed by atoms with Crippen LogP contribution in [-0.4, -0.2) is 81.4 Å². The molecule has 0 aromatic rings. The molecule has 0 spiro atoms. The highest BCUT2D eigenvalue weighted by atomic mass is 16.8. The van der Waals surface area contributed by atoms with Gasteiger partial charge in [0.25, 0.3) is 0 Å². The van der Waals surface area contributed by atoms with Gasteiger partial charge < -0.3 is 38.3 Å². The normalized spacial score (nSPS) is 30.7. The SMILES string of the molecule is COCO[C@H]([C@@H]1OC(C)(C)O[C@H]1COCCCCCO)[C@H]1COC(C)(C)O1. The summed E-state index contributed by atoms with van der Waals surface area (Å²) in [6.45, 7) is 9.29. The molecule has 2 aliphatic heterocycles. The molecule has 0 saturated carbocycles. The van der Waals surface area contributed by atoms with E-state index in [2.05, 4.69) is 0 Å². The second-order valence-electron chi connectivity index (χ2n) is 7.90. The molecule has 8 heteroatoms. The van der Waals surface area contributed by atoms with Gasteiger partial charge in [-0.15, -0.1) is 0 Å². The van der Waals surface area contributed by atoms with E-state index in [0.29, 0.717) is 19.8 Å². The van der Waals surface area contributed by atoms with Crippen molar-refractivity contribution in [2.24, 2.45) is 0 Å². The minimum Gasteiger partial charge on any atom is -0.396 e. The first-order valence-corrected chi connectivity index (χ1v) is 9.74.